The predicted molar refractivity (Wildman–Crippen MR) is 131 cm³/mol. The van der Waals surface area contributed by atoms with Gasteiger partial charge in [-0.3, -0.25) is 9.59 Å². The zero-order valence-electron chi connectivity index (χ0n) is 20.2. The highest BCUT2D eigenvalue weighted by atomic mass is 19.1. The number of carbonyl (C=O) groups excluding carboxylic acids is 2. The molecule has 8 nitrogen and oxygen atoms in total. The molecule has 0 aliphatic carbocycles. The van der Waals surface area contributed by atoms with E-state index in [0.29, 0.717) is 43.2 Å². The summed E-state index contributed by atoms with van der Waals surface area (Å²) >= 11 is 0. The number of Topliss-reactive ketones (excluding diaryl/α,β-unsaturated/α-hetero) is 1. The minimum Gasteiger partial charge on any atom is -0.507 e. The fourth-order valence-electron chi connectivity index (χ4n) is 4.30. The van der Waals surface area contributed by atoms with Crippen LogP contribution in [-0.4, -0.2) is 51.0 Å². The quantitative estimate of drug-likeness (QED) is 0.257. The van der Waals surface area contributed by atoms with Crippen molar-refractivity contribution in [3.8, 4) is 11.5 Å². The number of rotatable bonds is 10. The number of aliphatic hydroxyl groups is 1. The molecule has 0 spiro atoms. The summed E-state index contributed by atoms with van der Waals surface area (Å²) in [7, 11) is 0. The van der Waals surface area contributed by atoms with Gasteiger partial charge in [0.1, 0.15) is 11.6 Å². The summed E-state index contributed by atoms with van der Waals surface area (Å²) in [5.74, 6) is -1.32. The number of ether oxygens (including phenoxy) is 2. The minimum absolute atomic E-state index is 0.0548. The van der Waals surface area contributed by atoms with E-state index in [1.807, 2.05) is 24.6 Å². The van der Waals surface area contributed by atoms with Crippen LogP contribution in [-0.2, 0) is 16.1 Å². The van der Waals surface area contributed by atoms with Gasteiger partial charge in [0.05, 0.1) is 31.2 Å². The topological polar surface area (TPSA) is 93.9 Å². The fourth-order valence-corrected chi connectivity index (χ4v) is 4.30. The zero-order chi connectivity index (χ0) is 25.7. The number of aliphatic hydroxyl groups excluding tert-OH is 1. The zero-order valence-corrected chi connectivity index (χ0v) is 20.2. The maximum absolute atomic E-state index is 13.5. The molecule has 2 heterocycles. The van der Waals surface area contributed by atoms with E-state index in [2.05, 4.69) is 4.98 Å². The van der Waals surface area contributed by atoms with Crippen molar-refractivity contribution in [2.75, 3.05) is 19.8 Å². The molecule has 0 bridgehead atoms. The molecule has 1 atom stereocenters. The average molecular weight is 494 g/mol. The van der Waals surface area contributed by atoms with E-state index in [1.165, 1.54) is 29.2 Å². The van der Waals surface area contributed by atoms with Crippen LogP contribution < -0.4 is 9.47 Å². The highest BCUT2D eigenvalue weighted by Gasteiger charge is 2.46. The first-order valence-corrected chi connectivity index (χ1v) is 11.8. The van der Waals surface area contributed by atoms with Crippen LogP contribution in [0.1, 0.15) is 37.4 Å². The third-order valence-electron chi connectivity index (χ3n) is 5.92. The van der Waals surface area contributed by atoms with Gasteiger partial charge in [-0.15, -0.1) is 0 Å². The molecule has 9 heteroatoms. The number of aromatic nitrogens is 2. The van der Waals surface area contributed by atoms with E-state index >= 15 is 0 Å². The second kappa shape index (κ2) is 11.1. The number of benzene rings is 2. The molecule has 0 saturated carbocycles. The third-order valence-corrected chi connectivity index (χ3v) is 5.92. The fraction of sp³-hybridized carbons (Fsp3) is 0.296. The summed E-state index contributed by atoms with van der Waals surface area (Å²) < 4.78 is 26.8. The predicted octanol–water partition coefficient (Wildman–Crippen LogP) is 4.33. The van der Waals surface area contributed by atoms with Crippen LogP contribution in [0.2, 0.25) is 0 Å². The molecule has 1 aliphatic heterocycles. The first kappa shape index (κ1) is 25.0. The van der Waals surface area contributed by atoms with Gasteiger partial charge in [-0.05, 0) is 62.2 Å². The van der Waals surface area contributed by atoms with Crippen molar-refractivity contribution < 1.29 is 28.6 Å². The summed E-state index contributed by atoms with van der Waals surface area (Å²) in [6.45, 7) is 5.41. The van der Waals surface area contributed by atoms with Crippen LogP contribution in [0.15, 0.2) is 66.8 Å². The van der Waals surface area contributed by atoms with Crippen LogP contribution in [0.5, 0.6) is 11.5 Å². The lowest BCUT2D eigenvalue weighted by Crippen LogP contribution is -2.31. The van der Waals surface area contributed by atoms with Crippen molar-refractivity contribution >= 4 is 17.4 Å². The number of imidazole rings is 1. The second-order valence-corrected chi connectivity index (χ2v) is 8.23. The number of aryl methyl sites for hydroxylation is 1. The summed E-state index contributed by atoms with van der Waals surface area (Å²) in [6.07, 6.45) is 5.73. The van der Waals surface area contributed by atoms with E-state index in [1.54, 1.807) is 30.7 Å². The van der Waals surface area contributed by atoms with Gasteiger partial charge in [0, 0.05) is 31.0 Å². The van der Waals surface area contributed by atoms with Crippen LogP contribution in [0.3, 0.4) is 0 Å². The summed E-state index contributed by atoms with van der Waals surface area (Å²) in [5.41, 5.74) is 0.780. The van der Waals surface area contributed by atoms with E-state index in [0.717, 1.165) is 0 Å². The molecule has 1 aromatic heterocycles. The first-order chi connectivity index (χ1) is 17.4. The van der Waals surface area contributed by atoms with E-state index in [9.17, 15) is 19.1 Å². The molecule has 1 aliphatic rings. The standard InChI is InChI=1S/C27H28FN3O5/c1-3-35-21-11-8-19(16-22(21)36-4-2)24-23(25(32)18-6-9-20(28)10-7-18)26(33)27(34)31(24)14-5-13-30-15-12-29-17-30/h6-12,15-17,24,32H,3-5,13-14H2,1-2H3/b25-23-. The van der Waals surface area contributed by atoms with Crippen molar-refractivity contribution in [2.45, 2.75) is 32.9 Å². The van der Waals surface area contributed by atoms with Gasteiger partial charge < -0.3 is 24.0 Å². The Hall–Kier alpha value is -4.14. The first-order valence-electron chi connectivity index (χ1n) is 11.8. The van der Waals surface area contributed by atoms with Crippen LogP contribution >= 0.6 is 0 Å². The molecule has 36 heavy (non-hydrogen) atoms. The van der Waals surface area contributed by atoms with Gasteiger partial charge in [0.2, 0.25) is 0 Å². The number of hydrogen-bond donors (Lipinski definition) is 1. The van der Waals surface area contributed by atoms with Crippen molar-refractivity contribution in [1.29, 1.82) is 0 Å². The molecule has 1 saturated heterocycles. The summed E-state index contributed by atoms with van der Waals surface area (Å²) in [5, 5.41) is 11.1. The summed E-state index contributed by atoms with van der Waals surface area (Å²) in [6, 6.07) is 9.48. The van der Waals surface area contributed by atoms with E-state index < -0.39 is 23.5 Å². The average Bonchev–Trinajstić information content (AvgIpc) is 3.48. The number of likely N-dealkylation sites (tertiary alicyclic amines) is 1. The number of halogens is 1. The molecule has 0 radical (unpaired) electrons. The lowest BCUT2D eigenvalue weighted by atomic mass is 9.95. The molecule has 3 aromatic rings. The number of ketones is 1. The third kappa shape index (κ3) is 5.10. The number of hydrogen-bond acceptors (Lipinski definition) is 6. The highest BCUT2D eigenvalue weighted by Crippen LogP contribution is 2.42. The number of amides is 1. The molecule has 1 fully saturated rings. The normalized spacial score (nSPS) is 17.0. The van der Waals surface area contributed by atoms with Crippen molar-refractivity contribution in [3.63, 3.8) is 0 Å². The van der Waals surface area contributed by atoms with Crippen LogP contribution in [0, 0.1) is 5.82 Å². The second-order valence-electron chi connectivity index (χ2n) is 8.23. The molecular weight excluding hydrogens is 465 g/mol. The lowest BCUT2D eigenvalue weighted by molar-refractivity contribution is -0.139. The molecule has 1 unspecified atom stereocenters. The van der Waals surface area contributed by atoms with Gasteiger partial charge >= 0.3 is 0 Å². The molecule has 1 N–H and O–H groups in total. The maximum Gasteiger partial charge on any atom is 0.295 e. The number of nitrogens with zero attached hydrogens (tertiary/aromatic N) is 3. The van der Waals surface area contributed by atoms with Crippen molar-refractivity contribution in [1.82, 2.24) is 14.5 Å². The Bertz CT molecular complexity index is 1250. The van der Waals surface area contributed by atoms with Gasteiger partial charge in [0.15, 0.2) is 11.5 Å². The monoisotopic (exact) mass is 493 g/mol. The Morgan fingerprint density at radius 1 is 1.03 bits per heavy atom. The van der Waals surface area contributed by atoms with Gasteiger partial charge in [-0.25, -0.2) is 9.37 Å². The van der Waals surface area contributed by atoms with Gasteiger partial charge in [-0.1, -0.05) is 6.07 Å². The lowest BCUT2D eigenvalue weighted by Gasteiger charge is -2.26. The smallest absolute Gasteiger partial charge is 0.295 e. The van der Waals surface area contributed by atoms with Gasteiger partial charge in [-0.2, -0.15) is 0 Å². The van der Waals surface area contributed by atoms with E-state index in [-0.39, 0.29) is 23.4 Å². The SMILES string of the molecule is CCOc1ccc(C2/C(=C(/O)c3ccc(F)cc3)C(=O)C(=O)N2CCCn2ccnc2)cc1OCC. The van der Waals surface area contributed by atoms with Gasteiger partial charge in [0.25, 0.3) is 11.7 Å². The number of carbonyl (C=O) groups is 2. The molecule has 2 aromatic carbocycles. The highest BCUT2D eigenvalue weighted by molar-refractivity contribution is 6.46. The van der Waals surface area contributed by atoms with E-state index in [4.69, 9.17) is 9.47 Å². The largest absolute Gasteiger partial charge is 0.507 e. The Morgan fingerprint density at radius 2 is 1.75 bits per heavy atom. The Morgan fingerprint density at radius 3 is 2.42 bits per heavy atom. The molecule has 4 rings (SSSR count). The Labute approximate surface area is 208 Å². The molecular formula is C27H28FN3O5. The minimum atomic E-state index is -0.854. The maximum atomic E-state index is 13.5. The Kier molecular flexibility index (Phi) is 7.68. The van der Waals surface area contributed by atoms with Crippen LogP contribution in [0.4, 0.5) is 4.39 Å². The molecule has 188 valence electrons. The summed E-state index contributed by atoms with van der Waals surface area (Å²) in [4.78, 5) is 31.8. The molecule has 1 amide bonds. The van der Waals surface area contributed by atoms with Crippen LogP contribution in [0.25, 0.3) is 5.76 Å². The van der Waals surface area contributed by atoms with Crippen molar-refractivity contribution in [2.24, 2.45) is 0 Å². The Balaban J connectivity index is 1.77. The van der Waals surface area contributed by atoms with Crippen molar-refractivity contribution in [3.05, 3.63) is 83.7 Å².